The number of nitrogens with one attached hydrogen (secondary N) is 1. The van der Waals surface area contributed by atoms with E-state index < -0.39 is 0 Å². The molecule has 0 fully saturated rings. The van der Waals surface area contributed by atoms with Crippen LogP contribution in [0.2, 0.25) is 5.02 Å². The zero-order valence-corrected chi connectivity index (χ0v) is 12.1. The van der Waals surface area contributed by atoms with Gasteiger partial charge in [-0.05, 0) is 42.5 Å². The maximum atomic E-state index is 11.3. The Kier molecular flexibility index (Phi) is 3.62. The number of halogens is 1. The molecule has 0 spiro atoms. The standard InChI is InChI=1S/C16H13ClN2O2/c1-2-15(20)18-12-6-3-10(4-7-12)16-19-13-9-11(17)5-8-14(13)21-16/h3-9H,2H2,1H3,(H,18,20). The summed E-state index contributed by atoms with van der Waals surface area (Å²) in [6.07, 6.45) is 0.452. The number of rotatable bonds is 3. The summed E-state index contributed by atoms with van der Waals surface area (Å²) in [6.45, 7) is 1.81. The van der Waals surface area contributed by atoms with Crippen molar-refractivity contribution in [2.75, 3.05) is 5.32 Å². The second kappa shape index (κ2) is 5.58. The fourth-order valence-corrected chi connectivity index (χ4v) is 2.14. The molecule has 0 aliphatic carbocycles. The Morgan fingerprint density at radius 2 is 2.00 bits per heavy atom. The summed E-state index contributed by atoms with van der Waals surface area (Å²) in [5.74, 6) is 0.514. The molecule has 106 valence electrons. The minimum absolute atomic E-state index is 0.0146. The Labute approximate surface area is 126 Å². The Morgan fingerprint density at radius 3 is 2.71 bits per heavy atom. The second-order valence-corrected chi connectivity index (χ2v) is 5.05. The van der Waals surface area contributed by atoms with Crippen molar-refractivity contribution < 1.29 is 9.21 Å². The van der Waals surface area contributed by atoms with Crippen LogP contribution in [-0.4, -0.2) is 10.9 Å². The highest BCUT2D eigenvalue weighted by Crippen LogP contribution is 2.27. The van der Waals surface area contributed by atoms with E-state index in [1.165, 1.54) is 0 Å². The van der Waals surface area contributed by atoms with Crippen LogP contribution < -0.4 is 5.32 Å². The van der Waals surface area contributed by atoms with Crippen molar-refractivity contribution in [3.8, 4) is 11.5 Å². The molecule has 0 radical (unpaired) electrons. The van der Waals surface area contributed by atoms with Gasteiger partial charge in [0.25, 0.3) is 0 Å². The predicted molar refractivity (Wildman–Crippen MR) is 83.4 cm³/mol. The Hall–Kier alpha value is -2.33. The maximum Gasteiger partial charge on any atom is 0.227 e. The third kappa shape index (κ3) is 2.90. The number of anilines is 1. The quantitative estimate of drug-likeness (QED) is 0.775. The van der Waals surface area contributed by atoms with Crippen molar-refractivity contribution in [1.29, 1.82) is 0 Å². The number of fused-ring (bicyclic) bond motifs is 1. The van der Waals surface area contributed by atoms with Gasteiger partial charge in [0.15, 0.2) is 5.58 Å². The molecule has 4 nitrogen and oxygen atoms in total. The van der Waals surface area contributed by atoms with Crippen molar-refractivity contribution in [1.82, 2.24) is 4.98 Å². The molecule has 1 N–H and O–H groups in total. The van der Waals surface area contributed by atoms with E-state index in [-0.39, 0.29) is 5.91 Å². The summed E-state index contributed by atoms with van der Waals surface area (Å²) < 4.78 is 5.69. The highest BCUT2D eigenvalue weighted by molar-refractivity contribution is 6.31. The zero-order chi connectivity index (χ0) is 14.8. The SMILES string of the molecule is CCC(=O)Nc1ccc(-c2nc3cc(Cl)ccc3o2)cc1. The topological polar surface area (TPSA) is 55.1 Å². The lowest BCUT2D eigenvalue weighted by atomic mass is 10.2. The molecular weight excluding hydrogens is 288 g/mol. The van der Waals surface area contributed by atoms with E-state index in [0.717, 1.165) is 16.8 Å². The average Bonchev–Trinajstić information content (AvgIpc) is 2.90. The first-order chi connectivity index (χ1) is 10.2. The molecule has 2 aromatic carbocycles. The van der Waals surface area contributed by atoms with Crippen LogP contribution in [0, 0.1) is 0 Å². The number of nitrogens with zero attached hydrogens (tertiary/aromatic N) is 1. The molecule has 1 aromatic heterocycles. The van der Waals surface area contributed by atoms with E-state index in [4.69, 9.17) is 16.0 Å². The summed E-state index contributed by atoms with van der Waals surface area (Å²) in [4.78, 5) is 15.7. The van der Waals surface area contributed by atoms with Gasteiger partial charge in [0.05, 0.1) is 0 Å². The number of hydrogen-bond donors (Lipinski definition) is 1. The van der Waals surface area contributed by atoms with Crippen LogP contribution >= 0.6 is 11.6 Å². The summed E-state index contributed by atoms with van der Waals surface area (Å²) >= 11 is 5.94. The van der Waals surface area contributed by atoms with Crippen molar-refractivity contribution in [3.63, 3.8) is 0 Å². The molecule has 0 aliphatic rings. The van der Waals surface area contributed by atoms with Gasteiger partial charge in [-0.1, -0.05) is 18.5 Å². The van der Waals surface area contributed by atoms with E-state index >= 15 is 0 Å². The largest absolute Gasteiger partial charge is 0.436 e. The number of carbonyl (C=O) groups excluding carboxylic acids is 1. The molecule has 3 aromatic rings. The van der Waals surface area contributed by atoms with Gasteiger partial charge in [-0.15, -0.1) is 0 Å². The summed E-state index contributed by atoms with van der Waals surface area (Å²) in [5.41, 5.74) is 3.01. The minimum atomic E-state index is -0.0146. The van der Waals surface area contributed by atoms with Gasteiger partial charge in [0.2, 0.25) is 11.8 Å². The lowest BCUT2D eigenvalue weighted by molar-refractivity contribution is -0.115. The van der Waals surface area contributed by atoms with Crippen molar-refractivity contribution in [2.24, 2.45) is 0 Å². The van der Waals surface area contributed by atoms with Crippen molar-refractivity contribution >= 4 is 34.3 Å². The van der Waals surface area contributed by atoms with Crippen LogP contribution in [0.15, 0.2) is 46.9 Å². The molecule has 0 aliphatic heterocycles. The number of benzene rings is 2. The Bertz CT molecular complexity index is 794. The number of oxazole rings is 1. The number of amides is 1. The number of aromatic nitrogens is 1. The van der Waals surface area contributed by atoms with Crippen LogP contribution in [0.1, 0.15) is 13.3 Å². The number of carbonyl (C=O) groups is 1. The fraction of sp³-hybridized carbons (Fsp3) is 0.125. The molecule has 0 saturated heterocycles. The molecule has 3 rings (SSSR count). The van der Waals surface area contributed by atoms with Crippen LogP contribution in [0.4, 0.5) is 5.69 Å². The Balaban J connectivity index is 1.90. The van der Waals surface area contributed by atoms with E-state index in [9.17, 15) is 4.79 Å². The van der Waals surface area contributed by atoms with Gasteiger partial charge < -0.3 is 9.73 Å². The third-order valence-electron chi connectivity index (χ3n) is 3.09. The summed E-state index contributed by atoms with van der Waals surface area (Å²) in [6, 6.07) is 12.7. The lowest BCUT2D eigenvalue weighted by Crippen LogP contribution is -2.08. The molecule has 21 heavy (non-hydrogen) atoms. The summed E-state index contributed by atoms with van der Waals surface area (Å²) in [5, 5.41) is 3.42. The fourth-order valence-electron chi connectivity index (χ4n) is 1.97. The molecule has 0 saturated carbocycles. The summed E-state index contributed by atoms with van der Waals surface area (Å²) in [7, 11) is 0. The first-order valence-electron chi connectivity index (χ1n) is 6.62. The highest BCUT2D eigenvalue weighted by Gasteiger charge is 2.09. The van der Waals surface area contributed by atoms with Gasteiger partial charge in [0.1, 0.15) is 5.52 Å². The first kappa shape index (κ1) is 13.6. The van der Waals surface area contributed by atoms with Crippen LogP contribution in [0.3, 0.4) is 0 Å². The van der Waals surface area contributed by atoms with Gasteiger partial charge in [-0.25, -0.2) is 4.98 Å². The van der Waals surface area contributed by atoms with E-state index in [2.05, 4.69) is 10.3 Å². The number of hydrogen-bond acceptors (Lipinski definition) is 3. The van der Waals surface area contributed by atoms with Gasteiger partial charge in [0, 0.05) is 22.7 Å². The Morgan fingerprint density at radius 1 is 1.24 bits per heavy atom. The molecular formula is C16H13ClN2O2. The van der Waals surface area contributed by atoms with E-state index in [1.54, 1.807) is 18.2 Å². The predicted octanol–water partition coefficient (Wildman–Crippen LogP) is 4.50. The van der Waals surface area contributed by atoms with E-state index in [1.807, 2.05) is 31.2 Å². The second-order valence-electron chi connectivity index (χ2n) is 4.61. The molecule has 0 atom stereocenters. The van der Waals surface area contributed by atoms with Crippen molar-refractivity contribution in [2.45, 2.75) is 13.3 Å². The average molecular weight is 301 g/mol. The van der Waals surface area contributed by atoms with E-state index in [0.29, 0.717) is 22.9 Å². The zero-order valence-electron chi connectivity index (χ0n) is 11.4. The molecule has 0 unspecified atom stereocenters. The first-order valence-corrected chi connectivity index (χ1v) is 7.00. The molecule has 1 heterocycles. The maximum absolute atomic E-state index is 11.3. The van der Waals surface area contributed by atoms with Gasteiger partial charge in [-0.2, -0.15) is 0 Å². The van der Waals surface area contributed by atoms with Crippen LogP contribution in [0.25, 0.3) is 22.6 Å². The lowest BCUT2D eigenvalue weighted by Gasteiger charge is -2.03. The highest BCUT2D eigenvalue weighted by atomic mass is 35.5. The monoisotopic (exact) mass is 300 g/mol. The molecule has 1 amide bonds. The van der Waals surface area contributed by atoms with Crippen LogP contribution in [0.5, 0.6) is 0 Å². The van der Waals surface area contributed by atoms with Crippen molar-refractivity contribution in [3.05, 3.63) is 47.5 Å². The smallest absolute Gasteiger partial charge is 0.227 e. The minimum Gasteiger partial charge on any atom is -0.436 e. The van der Waals surface area contributed by atoms with Gasteiger partial charge in [-0.3, -0.25) is 4.79 Å². The van der Waals surface area contributed by atoms with Crippen LogP contribution in [-0.2, 0) is 4.79 Å². The normalized spacial score (nSPS) is 10.8. The molecule has 0 bridgehead atoms. The third-order valence-corrected chi connectivity index (χ3v) is 3.32. The molecule has 5 heteroatoms. The van der Waals surface area contributed by atoms with Gasteiger partial charge >= 0.3 is 0 Å².